The van der Waals surface area contributed by atoms with Gasteiger partial charge in [-0.05, 0) is 30.3 Å². The summed E-state index contributed by atoms with van der Waals surface area (Å²) in [4.78, 5) is 24.4. The number of halogens is 1. The molecule has 1 amide bonds. The van der Waals surface area contributed by atoms with Crippen LogP contribution in [0.25, 0.3) is 11.0 Å². The van der Waals surface area contributed by atoms with Gasteiger partial charge in [0.25, 0.3) is 5.91 Å². The van der Waals surface area contributed by atoms with Gasteiger partial charge in [0, 0.05) is 14.1 Å². The topological polar surface area (TPSA) is 119 Å². The van der Waals surface area contributed by atoms with Crippen LogP contribution in [0, 0.1) is 0 Å². The van der Waals surface area contributed by atoms with Crippen molar-refractivity contribution in [1.82, 2.24) is 13.1 Å². The van der Waals surface area contributed by atoms with Crippen molar-refractivity contribution < 1.29 is 22.7 Å². The third-order valence-electron chi connectivity index (χ3n) is 3.83. The van der Waals surface area contributed by atoms with Crippen LogP contribution in [-0.4, -0.2) is 54.0 Å². The first-order valence-electron chi connectivity index (χ1n) is 8.10. The quantitative estimate of drug-likeness (QED) is 0.568. The molecule has 0 unspecified atom stereocenters. The van der Waals surface area contributed by atoms with Gasteiger partial charge in [0.2, 0.25) is 10.0 Å². The van der Waals surface area contributed by atoms with Crippen molar-refractivity contribution in [1.29, 1.82) is 0 Å². The van der Waals surface area contributed by atoms with E-state index < -0.39 is 28.5 Å². The van der Waals surface area contributed by atoms with Crippen molar-refractivity contribution in [3.63, 3.8) is 0 Å². The number of carbonyl (C=O) groups excluding carboxylic acids is 2. The number of amides is 1. The Hall–Kier alpha value is -2.60. The smallest absolute Gasteiger partial charge is 0.340 e. The summed E-state index contributed by atoms with van der Waals surface area (Å²) in [5, 5.41) is 2.60. The summed E-state index contributed by atoms with van der Waals surface area (Å²) >= 11 is 7.01. The number of esters is 1. The fourth-order valence-electron chi connectivity index (χ4n) is 2.33. The second-order valence-corrected chi connectivity index (χ2v) is 9.08. The lowest BCUT2D eigenvalue weighted by Gasteiger charge is -2.13. The molecule has 1 aromatic heterocycles. The molecule has 152 valence electrons. The molecule has 0 spiro atoms. The lowest BCUT2D eigenvalue weighted by atomic mass is 10.2. The highest BCUT2D eigenvalue weighted by atomic mass is 35.5. The van der Waals surface area contributed by atoms with Gasteiger partial charge in [-0.15, -0.1) is 0 Å². The average molecular weight is 455 g/mol. The molecule has 0 aliphatic carbocycles. The molecule has 12 heteroatoms. The lowest BCUT2D eigenvalue weighted by Crippen LogP contribution is -2.23. The van der Waals surface area contributed by atoms with Crippen molar-refractivity contribution >= 4 is 61.9 Å². The van der Waals surface area contributed by atoms with Crippen molar-refractivity contribution in [2.24, 2.45) is 0 Å². The van der Waals surface area contributed by atoms with E-state index in [4.69, 9.17) is 16.3 Å². The van der Waals surface area contributed by atoms with E-state index in [1.54, 1.807) is 18.2 Å². The molecule has 29 heavy (non-hydrogen) atoms. The summed E-state index contributed by atoms with van der Waals surface area (Å²) in [5.41, 5.74) is 1.44. The lowest BCUT2D eigenvalue weighted by molar-refractivity contribution is -0.119. The second kappa shape index (κ2) is 8.41. The summed E-state index contributed by atoms with van der Waals surface area (Å²) in [5.74, 6) is -1.51. The molecule has 3 aromatic rings. The van der Waals surface area contributed by atoms with E-state index in [1.165, 1.54) is 26.2 Å². The Bertz CT molecular complexity index is 1190. The second-order valence-electron chi connectivity index (χ2n) is 5.99. The molecule has 2 aromatic carbocycles. The van der Waals surface area contributed by atoms with E-state index in [0.717, 1.165) is 22.1 Å². The van der Waals surface area contributed by atoms with E-state index in [1.807, 2.05) is 0 Å². The largest absolute Gasteiger partial charge is 0.452 e. The number of nitrogens with one attached hydrogen (secondary N) is 1. The minimum Gasteiger partial charge on any atom is -0.452 e. The molecule has 1 heterocycles. The zero-order chi connectivity index (χ0) is 21.2. The van der Waals surface area contributed by atoms with Crippen LogP contribution >= 0.6 is 23.3 Å². The molecule has 0 atom stereocenters. The van der Waals surface area contributed by atoms with Gasteiger partial charge in [0.05, 0.1) is 32.9 Å². The standard InChI is InChI=1S/C17H15ClN4O5S2/c1-22(2)29(25,26)10-6-7-12(18)11(8-10)17(24)27-9-15(23)19-13-4-3-5-14-16(13)21-28-20-14/h3-8H,9H2,1-2H3,(H,19,23). The molecule has 0 fully saturated rings. The highest BCUT2D eigenvalue weighted by Gasteiger charge is 2.22. The molecule has 0 bridgehead atoms. The minimum atomic E-state index is -3.76. The number of ether oxygens (including phenoxy) is 1. The van der Waals surface area contributed by atoms with E-state index in [-0.39, 0.29) is 15.5 Å². The summed E-state index contributed by atoms with van der Waals surface area (Å²) in [6, 6.07) is 8.79. The average Bonchev–Trinajstić information content (AvgIpc) is 3.16. The monoisotopic (exact) mass is 454 g/mol. The van der Waals surface area contributed by atoms with Crippen LogP contribution in [0.2, 0.25) is 5.02 Å². The third-order valence-corrected chi connectivity index (χ3v) is 6.51. The predicted octanol–water partition coefficient (Wildman–Crippen LogP) is 2.39. The van der Waals surface area contributed by atoms with Gasteiger partial charge in [-0.3, -0.25) is 4.79 Å². The fraction of sp³-hybridized carbons (Fsp3) is 0.176. The Kier molecular flexibility index (Phi) is 6.13. The van der Waals surface area contributed by atoms with Crippen LogP contribution in [0.1, 0.15) is 10.4 Å². The number of aromatic nitrogens is 2. The number of benzene rings is 2. The first-order valence-corrected chi connectivity index (χ1v) is 10.7. The maximum absolute atomic E-state index is 12.3. The highest BCUT2D eigenvalue weighted by Crippen LogP contribution is 2.23. The maximum Gasteiger partial charge on any atom is 0.340 e. The first-order chi connectivity index (χ1) is 13.7. The number of sulfonamides is 1. The summed E-state index contributed by atoms with van der Waals surface area (Å²) in [7, 11) is -1.03. The van der Waals surface area contributed by atoms with Crippen molar-refractivity contribution in [2.45, 2.75) is 4.90 Å². The molecule has 0 aliphatic rings. The molecule has 0 saturated heterocycles. The zero-order valence-corrected chi connectivity index (χ0v) is 17.6. The van der Waals surface area contributed by atoms with Crippen molar-refractivity contribution in [2.75, 3.05) is 26.0 Å². The Morgan fingerprint density at radius 3 is 2.69 bits per heavy atom. The molecule has 9 nitrogen and oxygen atoms in total. The molecular weight excluding hydrogens is 440 g/mol. The number of nitrogens with zero attached hydrogens (tertiary/aromatic N) is 3. The van der Waals surface area contributed by atoms with Crippen molar-refractivity contribution in [3.8, 4) is 0 Å². The van der Waals surface area contributed by atoms with Crippen LogP contribution in [-0.2, 0) is 19.6 Å². The highest BCUT2D eigenvalue weighted by molar-refractivity contribution is 7.89. The van der Waals surface area contributed by atoms with Gasteiger partial charge >= 0.3 is 5.97 Å². The SMILES string of the molecule is CN(C)S(=O)(=O)c1ccc(Cl)c(C(=O)OCC(=O)Nc2cccc3nsnc23)c1. The molecule has 0 radical (unpaired) electrons. The van der Waals surface area contributed by atoms with E-state index in [2.05, 4.69) is 14.1 Å². The third kappa shape index (κ3) is 4.53. The van der Waals surface area contributed by atoms with Gasteiger partial charge in [-0.25, -0.2) is 17.5 Å². The Morgan fingerprint density at radius 2 is 1.97 bits per heavy atom. The molecule has 1 N–H and O–H groups in total. The predicted molar refractivity (Wildman–Crippen MR) is 109 cm³/mol. The molecule has 3 rings (SSSR count). The Morgan fingerprint density at radius 1 is 1.21 bits per heavy atom. The number of rotatable bonds is 6. The molecular formula is C17H15ClN4O5S2. The molecule has 0 aliphatic heterocycles. The van der Waals surface area contributed by atoms with Gasteiger partial charge in [0.1, 0.15) is 11.0 Å². The minimum absolute atomic E-state index is 0.00595. The Balaban J connectivity index is 1.70. The van der Waals surface area contributed by atoms with Crippen LogP contribution < -0.4 is 5.32 Å². The zero-order valence-electron chi connectivity index (χ0n) is 15.2. The normalized spacial score (nSPS) is 11.6. The number of hydrogen-bond donors (Lipinski definition) is 1. The fourth-order valence-corrected chi connectivity index (χ4v) is 4.01. The van der Waals surface area contributed by atoms with Crippen LogP contribution in [0.15, 0.2) is 41.3 Å². The van der Waals surface area contributed by atoms with E-state index in [9.17, 15) is 18.0 Å². The van der Waals surface area contributed by atoms with E-state index in [0.29, 0.717) is 16.7 Å². The van der Waals surface area contributed by atoms with Gasteiger partial charge in [-0.1, -0.05) is 17.7 Å². The maximum atomic E-state index is 12.3. The summed E-state index contributed by atoms with van der Waals surface area (Å²) in [6.45, 7) is -0.590. The number of anilines is 1. The number of carbonyl (C=O) groups is 2. The summed E-state index contributed by atoms with van der Waals surface area (Å²) < 4.78 is 38.6. The van der Waals surface area contributed by atoms with Crippen LogP contribution in [0.5, 0.6) is 0 Å². The van der Waals surface area contributed by atoms with Crippen molar-refractivity contribution in [3.05, 3.63) is 47.0 Å². The Labute approximate surface area is 175 Å². The van der Waals surface area contributed by atoms with Gasteiger partial charge in [0.15, 0.2) is 6.61 Å². The number of hydrogen-bond acceptors (Lipinski definition) is 8. The van der Waals surface area contributed by atoms with Crippen LogP contribution in [0.3, 0.4) is 0 Å². The molecule has 0 saturated carbocycles. The van der Waals surface area contributed by atoms with Gasteiger partial charge < -0.3 is 10.1 Å². The first kappa shape index (κ1) is 21.1. The van der Waals surface area contributed by atoms with Crippen LogP contribution in [0.4, 0.5) is 5.69 Å². The number of fused-ring (bicyclic) bond motifs is 1. The van der Waals surface area contributed by atoms with E-state index >= 15 is 0 Å². The summed E-state index contributed by atoms with van der Waals surface area (Å²) in [6.07, 6.45) is 0. The van der Waals surface area contributed by atoms with Gasteiger partial charge in [-0.2, -0.15) is 8.75 Å².